The number of fused-ring (bicyclic) bond motifs is 2. The second kappa shape index (κ2) is 3.10. The highest BCUT2D eigenvalue weighted by molar-refractivity contribution is 6.66. The minimum atomic E-state index is -0.434. The minimum Gasteiger partial charge on any atom is -0.281 e. The molecule has 2 rings (SSSR count). The largest absolute Gasteiger partial charge is 0.281 e. The summed E-state index contributed by atoms with van der Waals surface area (Å²) < 4.78 is 0. The van der Waals surface area contributed by atoms with E-state index in [0.29, 0.717) is 0 Å². The Morgan fingerprint density at radius 1 is 1.00 bits per heavy atom. The fourth-order valence-electron chi connectivity index (χ4n) is 2.44. The van der Waals surface area contributed by atoms with Crippen molar-refractivity contribution in [1.82, 2.24) is 0 Å². The molecule has 2 nitrogen and oxygen atoms in total. The molecule has 0 aromatic carbocycles. The Hall–Kier alpha value is -0.340. The maximum atomic E-state index is 11.1. The summed E-state index contributed by atoms with van der Waals surface area (Å²) in [5.41, 5.74) is 0. The Morgan fingerprint density at radius 3 is 1.69 bits per heavy atom. The van der Waals surface area contributed by atoms with Gasteiger partial charge in [-0.25, -0.2) is 0 Å². The molecule has 0 aromatic rings. The summed E-state index contributed by atoms with van der Waals surface area (Å²) in [6, 6.07) is 0. The normalized spacial score (nSPS) is 41.1. The molecule has 0 saturated heterocycles. The SMILES string of the molecule is O=C(Cl)C1[C@@H](C(=O)Cl)[C@@H]2C=C[C@H]1C2. The molecule has 1 unspecified atom stereocenters. The van der Waals surface area contributed by atoms with Gasteiger partial charge in [-0.2, -0.15) is 0 Å². The fourth-order valence-corrected chi connectivity index (χ4v) is 3.04. The van der Waals surface area contributed by atoms with Crippen LogP contribution in [-0.2, 0) is 9.59 Å². The van der Waals surface area contributed by atoms with E-state index in [9.17, 15) is 9.59 Å². The predicted octanol–water partition coefficient (Wildman–Crippen LogP) is 1.96. The van der Waals surface area contributed by atoms with Crippen molar-refractivity contribution in [3.05, 3.63) is 12.2 Å². The molecule has 0 heterocycles. The van der Waals surface area contributed by atoms with E-state index in [4.69, 9.17) is 23.2 Å². The lowest BCUT2D eigenvalue weighted by molar-refractivity contribution is -0.124. The van der Waals surface area contributed by atoms with Crippen molar-refractivity contribution in [2.24, 2.45) is 23.7 Å². The molecule has 13 heavy (non-hydrogen) atoms. The van der Waals surface area contributed by atoms with Crippen molar-refractivity contribution in [3.8, 4) is 0 Å². The van der Waals surface area contributed by atoms with Crippen LogP contribution in [0.25, 0.3) is 0 Å². The molecule has 0 N–H and O–H groups in total. The molecule has 2 aliphatic rings. The zero-order valence-electron chi connectivity index (χ0n) is 6.74. The number of allylic oxidation sites excluding steroid dienone is 2. The Labute approximate surface area is 85.9 Å². The van der Waals surface area contributed by atoms with Gasteiger partial charge in [0.1, 0.15) is 0 Å². The van der Waals surface area contributed by atoms with Gasteiger partial charge in [0.2, 0.25) is 10.5 Å². The van der Waals surface area contributed by atoms with Crippen molar-refractivity contribution in [2.75, 3.05) is 0 Å². The van der Waals surface area contributed by atoms with Crippen molar-refractivity contribution < 1.29 is 9.59 Å². The second-order valence-corrected chi connectivity index (χ2v) is 4.35. The van der Waals surface area contributed by atoms with Crippen LogP contribution in [0.2, 0.25) is 0 Å². The Bertz CT molecular complexity index is 270. The summed E-state index contributed by atoms with van der Waals surface area (Å²) in [7, 11) is 0. The standard InChI is InChI=1S/C9H8Cl2O2/c10-8(12)6-4-1-2-5(3-4)7(6)9(11)13/h1-2,4-7H,3H2/t4-,5+,6+,7?/m1/s1. The maximum Gasteiger partial charge on any atom is 0.226 e. The van der Waals surface area contributed by atoms with E-state index >= 15 is 0 Å². The average Bonchev–Trinajstić information content (AvgIpc) is 2.60. The van der Waals surface area contributed by atoms with E-state index < -0.39 is 10.5 Å². The van der Waals surface area contributed by atoms with E-state index in [1.165, 1.54) is 0 Å². The van der Waals surface area contributed by atoms with Crippen molar-refractivity contribution in [1.29, 1.82) is 0 Å². The molecule has 70 valence electrons. The molecule has 4 heteroatoms. The highest BCUT2D eigenvalue weighted by atomic mass is 35.5. The van der Waals surface area contributed by atoms with Gasteiger partial charge in [0.05, 0.1) is 11.8 Å². The van der Waals surface area contributed by atoms with Crippen LogP contribution in [0.15, 0.2) is 12.2 Å². The number of carbonyl (C=O) groups is 2. The van der Waals surface area contributed by atoms with Gasteiger partial charge in [-0.15, -0.1) is 0 Å². The van der Waals surface area contributed by atoms with E-state index in [1.807, 2.05) is 12.2 Å². The van der Waals surface area contributed by atoms with Crippen LogP contribution in [0.4, 0.5) is 0 Å². The topological polar surface area (TPSA) is 34.1 Å². The van der Waals surface area contributed by atoms with E-state index in [1.54, 1.807) is 0 Å². The number of rotatable bonds is 2. The highest BCUT2D eigenvalue weighted by Gasteiger charge is 2.50. The first-order chi connectivity index (χ1) is 6.11. The minimum absolute atomic E-state index is 0.127. The van der Waals surface area contributed by atoms with Crippen LogP contribution < -0.4 is 0 Å². The second-order valence-electron chi connectivity index (χ2n) is 3.61. The maximum absolute atomic E-state index is 11.1. The predicted molar refractivity (Wildman–Crippen MR) is 49.4 cm³/mol. The summed E-state index contributed by atoms with van der Waals surface area (Å²) >= 11 is 10.9. The molecule has 0 aromatic heterocycles. The summed E-state index contributed by atoms with van der Waals surface area (Å²) in [4.78, 5) is 22.1. The molecule has 0 spiro atoms. The molecule has 2 aliphatic carbocycles. The van der Waals surface area contributed by atoms with E-state index in [2.05, 4.69) is 0 Å². The molecule has 1 fully saturated rings. The van der Waals surface area contributed by atoms with Crippen LogP contribution in [0.1, 0.15) is 6.42 Å². The third-order valence-electron chi connectivity index (χ3n) is 2.98. The van der Waals surface area contributed by atoms with Gasteiger partial charge in [-0.3, -0.25) is 9.59 Å². The molecule has 2 bridgehead atoms. The Balaban J connectivity index is 2.30. The van der Waals surface area contributed by atoms with E-state index in [-0.39, 0.29) is 23.7 Å². The summed E-state index contributed by atoms with van der Waals surface area (Å²) in [6.45, 7) is 0. The van der Waals surface area contributed by atoms with Gasteiger partial charge >= 0.3 is 0 Å². The number of hydrogen-bond donors (Lipinski definition) is 0. The van der Waals surface area contributed by atoms with Gasteiger partial charge in [-0.05, 0) is 41.5 Å². The summed E-state index contributed by atoms with van der Waals surface area (Å²) in [6.07, 6.45) is 4.77. The van der Waals surface area contributed by atoms with Crippen LogP contribution >= 0.6 is 23.2 Å². The van der Waals surface area contributed by atoms with Crippen LogP contribution in [0.3, 0.4) is 0 Å². The van der Waals surface area contributed by atoms with E-state index in [0.717, 1.165) is 6.42 Å². The Kier molecular flexibility index (Phi) is 2.20. The number of hydrogen-bond acceptors (Lipinski definition) is 2. The van der Waals surface area contributed by atoms with Gasteiger partial charge in [0, 0.05) is 0 Å². The first kappa shape index (κ1) is 9.22. The van der Waals surface area contributed by atoms with Crippen LogP contribution in [-0.4, -0.2) is 10.5 Å². The highest BCUT2D eigenvalue weighted by Crippen LogP contribution is 2.49. The fraction of sp³-hybridized carbons (Fsp3) is 0.556. The average molecular weight is 219 g/mol. The van der Waals surface area contributed by atoms with Gasteiger partial charge < -0.3 is 0 Å². The van der Waals surface area contributed by atoms with Crippen LogP contribution in [0, 0.1) is 23.7 Å². The first-order valence-electron chi connectivity index (χ1n) is 4.18. The molecular formula is C9H8Cl2O2. The lowest BCUT2D eigenvalue weighted by Crippen LogP contribution is -2.28. The van der Waals surface area contributed by atoms with Crippen molar-refractivity contribution >= 4 is 33.7 Å². The van der Waals surface area contributed by atoms with Crippen molar-refractivity contribution in [3.63, 3.8) is 0 Å². The summed E-state index contributed by atoms with van der Waals surface area (Å²) in [5.74, 6) is -0.520. The van der Waals surface area contributed by atoms with Crippen molar-refractivity contribution in [2.45, 2.75) is 6.42 Å². The molecule has 0 amide bonds. The lowest BCUT2D eigenvalue weighted by Gasteiger charge is -2.20. The lowest BCUT2D eigenvalue weighted by atomic mass is 9.85. The summed E-state index contributed by atoms with van der Waals surface area (Å²) in [5, 5.41) is -0.869. The van der Waals surface area contributed by atoms with Gasteiger partial charge in [0.25, 0.3) is 0 Å². The Morgan fingerprint density at radius 2 is 1.38 bits per heavy atom. The zero-order valence-corrected chi connectivity index (χ0v) is 8.26. The third kappa shape index (κ3) is 1.32. The number of halogens is 2. The van der Waals surface area contributed by atoms with Crippen LogP contribution in [0.5, 0.6) is 0 Å². The molecule has 0 radical (unpaired) electrons. The van der Waals surface area contributed by atoms with Gasteiger partial charge in [-0.1, -0.05) is 12.2 Å². The molecular weight excluding hydrogens is 211 g/mol. The first-order valence-corrected chi connectivity index (χ1v) is 4.94. The molecule has 0 aliphatic heterocycles. The molecule has 4 atom stereocenters. The third-order valence-corrected chi connectivity index (χ3v) is 3.49. The van der Waals surface area contributed by atoms with Gasteiger partial charge in [0.15, 0.2) is 0 Å². The quantitative estimate of drug-likeness (QED) is 0.525. The number of carbonyl (C=O) groups excluding carboxylic acids is 2. The smallest absolute Gasteiger partial charge is 0.226 e. The zero-order chi connectivity index (χ0) is 9.59. The molecule has 1 saturated carbocycles. The monoisotopic (exact) mass is 218 g/mol.